The van der Waals surface area contributed by atoms with Crippen molar-refractivity contribution in [2.45, 2.75) is 25.7 Å². The van der Waals surface area contributed by atoms with E-state index in [0.717, 1.165) is 19.3 Å². The van der Waals surface area contributed by atoms with Crippen LogP contribution in [0.3, 0.4) is 0 Å². The zero-order valence-corrected chi connectivity index (χ0v) is 15.2. The molecule has 7 heteroatoms. The van der Waals surface area contributed by atoms with Crippen molar-refractivity contribution in [3.63, 3.8) is 0 Å². The van der Waals surface area contributed by atoms with Gasteiger partial charge in [-0.2, -0.15) is 5.26 Å². The van der Waals surface area contributed by atoms with Crippen molar-refractivity contribution in [1.82, 2.24) is 0 Å². The number of fused-ring (bicyclic) bond motifs is 1. The van der Waals surface area contributed by atoms with E-state index >= 15 is 0 Å². The number of benzene rings is 2. The summed E-state index contributed by atoms with van der Waals surface area (Å²) >= 11 is 0. The van der Waals surface area contributed by atoms with Crippen LogP contribution in [-0.2, 0) is 27.2 Å². The summed E-state index contributed by atoms with van der Waals surface area (Å²) in [5.74, 6) is -1.48. The second kappa shape index (κ2) is 8.82. The summed E-state index contributed by atoms with van der Waals surface area (Å²) in [7, 11) is 0. The van der Waals surface area contributed by atoms with E-state index in [-0.39, 0.29) is 12.0 Å². The van der Waals surface area contributed by atoms with Crippen molar-refractivity contribution < 1.29 is 19.1 Å². The minimum atomic E-state index is -0.640. The number of ether oxygens (including phenoxy) is 1. The fraction of sp³-hybridized carbons (Fsp3) is 0.238. The maximum atomic E-state index is 12.1. The zero-order valence-electron chi connectivity index (χ0n) is 15.2. The summed E-state index contributed by atoms with van der Waals surface area (Å²) < 4.78 is 5.03. The van der Waals surface area contributed by atoms with Crippen LogP contribution in [0.25, 0.3) is 0 Å². The molecule has 0 aromatic heterocycles. The first-order valence-corrected chi connectivity index (χ1v) is 8.91. The number of aryl methyl sites for hydroxylation is 2. The molecule has 2 aromatic carbocycles. The van der Waals surface area contributed by atoms with Gasteiger partial charge in [0.2, 0.25) is 5.91 Å². The Labute approximate surface area is 162 Å². The standard InChI is InChI=1S/C21H19N3O4/c22-11-10-19(25)23-17-7-5-15(6-8-17)21(27)28-13-20(26)24-18-9-4-14-2-1-3-16(14)12-18/h4-9,12H,1-3,10,13H2,(H,23,25)(H,24,26). The highest BCUT2D eigenvalue weighted by atomic mass is 16.5. The summed E-state index contributed by atoms with van der Waals surface area (Å²) in [5.41, 5.74) is 3.97. The monoisotopic (exact) mass is 377 g/mol. The first-order chi connectivity index (χ1) is 13.5. The summed E-state index contributed by atoms with van der Waals surface area (Å²) in [5, 5.41) is 13.7. The van der Waals surface area contributed by atoms with Crippen molar-refractivity contribution in [2.75, 3.05) is 17.2 Å². The summed E-state index contributed by atoms with van der Waals surface area (Å²) in [6, 6.07) is 13.6. The molecule has 7 nitrogen and oxygen atoms in total. The Morgan fingerprint density at radius 3 is 2.36 bits per heavy atom. The van der Waals surface area contributed by atoms with Crippen LogP contribution >= 0.6 is 0 Å². The average Bonchev–Trinajstić information content (AvgIpc) is 3.14. The van der Waals surface area contributed by atoms with Crippen LogP contribution in [0.1, 0.15) is 34.3 Å². The van der Waals surface area contributed by atoms with Crippen molar-refractivity contribution in [1.29, 1.82) is 5.26 Å². The van der Waals surface area contributed by atoms with E-state index in [2.05, 4.69) is 10.6 Å². The van der Waals surface area contributed by atoms with Gasteiger partial charge in [0, 0.05) is 11.4 Å². The second-order valence-corrected chi connectivity index (χ2v) is 6.42. The normalized spacial score (nSPS) is 11.8. The van der Waals surface area contributed by atoms with E-state index in [1.54, 1.807) is 6.07 Å². The molecule has 2 aromatic rings. The van der Waals surface area contributed by atoms with E-state index in [0.29, 0.717) is 11.4 Å². The summed E-state index contributed by atoms with van der Waals surface area (Å²) in [4.78, 5) is 35.4. The Bertz CT molecular complexity index is 945. The quantitative estimate of drug-likeness (QED) is 0.753. The van der Waals surface area contributed by atoms with Crippen LogP contribution < -0.4 is 10.6 Å². The molecule has 0 fully saturated rings. The molecule has 0 atom stereocenters. The Kier molecular flexibility index (Phi) is 6.02. The van der Waals surface area contributed by atoms with Crippen molar-refractivity contribution in [2.24, 2.45) is 0 Å². The second-order valence-electron chi connectivity index (χ2n) is 6.42. The van der Waals surface area contributed by atoms with Crippen LogP contribution in [-0.4, -0.2) is 24.4 Å². The summed E-state index contributed by atoms with van der Waals surface area (Å²) in [6.45, 7) is -0.392. The van der Waals surface area contributed by atoms with Gasteiger partial charge in [-0.25, -0.2) is 4.79 Å². The first kappa shape index (κ1) is 19.1. The van der Waals surface area contributed by atoms with Gasteiger partial charge in [0.25, 0.3) is 5.91 Å². The Morgan fingerprint density at radius 2 is 1.61 bits per heavy atom. The largest absolute Gasteiger partial charge is 0.452 e. The number of nitriles is 1. The van der Waals surface area contributed by atoms with Gasteiger partial charge < -0.3 is 15.4 Å². The van der Waals surface area contributed by atoms with Crippen molar-refractivity contribution in [3.05, 3.63) is 59.2 Å². The number of amides is 2. The van der Waals surface area contributed by atoms with Crippen LogP contribution in [0.4, 0.5) is 11.4 Å². The smallest absolute Gasteiger partial charge is 0.338 e. The van der Waals surface area contributed by atoms with Gasteiger partial charge in [-0.15, -0.1) is 0 Å². The van der Waals surface area contributed by atoms with Gasteiger partial charge in [0.05, 0.1) is 11.6 Å². The summed E-state index contributed by atoms with van der Waals surface area (Å²) in [6.07, 6.45) is 2.97. The average molecular weight is 377 g/mol. The highest BCUT2D eigenvalue weighted by Crippen LogP contribution is 2.24. The molecule has 2 amide bonds. The minimum Gasteiger partial charge on any atom is -0.452 e. The molecule has 0 heterocycles. The van der Waals surface area contributed by atoms with Gasteiger partial charge in [-0.1, -0.05) is 6.07 Å². The molecule has 0 radical (unpaired) electrons. The predicted molar refractivity (Wildman–Crippen MR) is 103 cm³/mol. The molecule has 0 saturated heterocycles. The van der Waals surface area contributed by atoms with Crippen LogP contribution in [0, 0.1) is 11.3 Å². The number of hydrogen-bond donors (Lipinski definition) is 2. The van der Waals surface area contributed by atoms with E-state index in [9.17, 15) is 14.4 Å². The van der Waals surface area contributed by atoms with Crippen molar-refractivity contribution >= 4 is 29.2 Å². The lowest BCUT2D eigenvalue weighted by Gasteiger charge is -2.09. The van der Waals surface area contributed by atoms with Gasteiger partial charge in [-0.05, 0) is 66.8 Å². The number of nitrogens with zero attached hydrogens (tertiary/aromatic N) is 1. The minimum absolute atomic E-state index is 0.247. The maximum Gasteiger partial charge on any atom is 0.338 e. The fourth-order valence-corrected chi connectivity index (χ4v) is 3.03. The van der Waals surface area contributed by atoms with Gasteiger partial charge in [0.1, 0.15) is 6.42 Å². The lowest BCUT2D eigenvalue weighted by Crippen LogP contribution is -2.21. The number of anilines is 2. The number of hydrogen-bond acceptors (Lipinski definition) is 5. The van der Waals surface area contributed by atoms with E-state index in [1.165, 1.54) is 35.4 Å². The van der Waals surface area contributed by atoms with Crippen LogP contribution in [0.2, 0.25) is 0 Å². The molecule has 1 aliphatic carbocycles. The first-order valence-electron chi connectivity index (χ1n) is 8.91. The van der Waals surface area contributed by atoms with E-state index < -0.39 is 24.4 Å². The number of carbonyl (C=O) groups is 3. The molecular formula is C21H19N3O4. The molecule has 0 unspecified atom stereocenters. The van der Waals surface area contributed by atoms with Crippen LogP contribution in [0.15, 0.2) is 42.5 Å². The molecule has 28 heavy (non-hydrogen) atoms. The third kappa shape index (κ3) is 4.95. The molecule has 2 N–H and O–H groups in total. The van der Waals surface area contributed by atoms with E-state index in [1.807, 2.05) is 18.2 Å². The SMILES string of the molecule is N#CCC(=O)Nc1ccc(C(=O)OCC(=O)Nc2ccc3c(c2)CCC3)cc1. The number of carbonyl (C=O) groups excluding carboxylic acids is 3. The Hall–Kier alpha value is -3.66. The van der Waals surface area contributed by atoms with Crippen LogP contribution in [0.5, 0.6) is 0 Å². The predicted octanol–water partition coefficient (Wildman–Crippen LogP) is 2.82. The Balaban J connectivity index is 1.48. The molecule has 1 aliphatic rings. The molecule has 3 rings (SSSR count). The van der Waals surface area contributed by atoms with E-state index in [4.69, 9.17) is 10.00 Å². The fourth-order valence-electron chi connectivity index (χ4n) is 3.03. The highest BCUT2D eigenvalue weighted by Gasteiger charge is 2.14. The highest BCUT2D eigenvalue weighted by molar-refractivity contribution is 5.96. The number of rotatable bonds is 6. The topological polar surface area (TPSA) is 108 Å². The molecule has 0 aliphatic heterocycles. The lowest BCUT2D eigenvalue weighted by molar-refractivity contribution is -0.119. The maximum absolute atomic E-state index is 12.1. The zero-order chi connectivity index (χ0) is 19.9. The molecular weight excluding hydrogens is 358 g/mol. The molecule has 0 spiro atoms. The molecule has 0 bridgehead atoms. The van der Waals surface area contributed by atoms with Crippen molar-refractivity contribution in [3.8, 4) is 6.07 Å². The molecule has 0 saturated carbocycles. The van der Waals surface area contributed by atoms with Gasteiger partial charge in [0.15, 0.2) is 6.61 Å². The molecule has 142 valence electrons. The Morgan fingerprint density at radius 1 is 0.929 bits per heavy atom. The third-order valence-electron chi connectivity index (χ3n) is 4.36. The number of nitrogens with one attached hydrogen (secondary N) is 2. The number of esters is 1. The lowest BCUT2D eigenvalue weighted by atomic mass is 10.1. The van der Waals surface area contributed by atoms with Gasteiger partial charge in [-0.3, -0.25) is 9.59 Å². The van der Waals surface area contributed by atoms with Gasteiger partial charge >= 0.3 is 5.97 Å². The third-order valence-corrected chi connectivity index (χ3v) is 4.36.